The molecule has 6 heteroatoms. The van der Waals surface area contributed by atoms with Crippen molar-refractivity contribution in [2.75, 3.05) is 6.54 Å². The zero-order chi connectivity index (χ0) is 20.6. The van der Waals surface area contributed by atoms with E-state index in [0.717, 1.165) is 23.3 Å². The third-order valence-corrected chi connectivity index (χ3v) is 7.57. The van der Waals surface area contributed by atoms with Crippen molar-refractivity contribution in [3.8, 4) is 0 Å². The normalized spacial score (nSPS) is 30.9. The van der Waals surface area contributed by atoms with E-state index in [-0.39, 0.29) is 36.0 Å². The third-order valence-electron chi connectivity index (χ3n) is 7.57. The predicted octanol–water partition coefficient (Wildman–Crippen LogP) is 0.667. The van der Waals surface area contributed by atoms with Crippen LogP contribution in [0.25, 0.3) is 0 Å². The second kappa shape index (κ2) is 5.95. The van der Waals surface area contributed by atoms with Crippen LogP contribution in [0, 0.1) is 11.8 Å². The Kier molecular flexibility index (Phi) is 3.51. The highest BCUT2D eigenvalue weighted by Gasteiger charge is 2.80. The zero-order valence-electron chi connectivity index (χ0n) is 16.3. The van der Waals surface area contributed by atoms with Gasteiger partial charge in [-0.05, 0) is 5.56 Å². The molecular weight excluding hydrogens is 380 g/mol. The number of hydrogen-bond donors (Lipinski definition) is 1. The lowest BCUT2D eigenvalue weighted by Crippen LogP contribution is -3.22. The lowest BCUT2D eigenvalue weighted by atomic mass is 9.76. The van der Waals surface area contributed by atoms with Crippen LogP contribution in [0.15, 0.2) is 54.6 Å². The molecule has 1 unspecified atom stereocenters. The van der Waals surface area contributed by atoms with E-state index in [2.05, 4.69) is 0 Å². The molecule has 1 spiro atoms. The lowest BCUT2D eigenvalue weighted by molar-refractivity contribution is -0.930. The summed E-state index contributed by atoms with van der Waals surface area (Å²) < 4.78 is 0. The Morgan fingerprint density at radius 1 is 0.867 bits per heavy atom. The van der Waals surface area contributed by atoms with Gasteiger partial charge >= 0.3 is 0 Å². The zero-order valence-corrected chi connectivity index (χ0v) is 16.3. The summed E-state index contributed by atoms with van der Waals surface area (Å²) in [6, 6.07) is 16.0. The van der Waals surface area contributed by atoms with Gasteiger partial charge in [0.15, 0.2) is 0 Å². The first-order valence-corrected chi connectivity index (χ1v) is 10.5. The Morgan fingerprint density at radius 2 is 1.50 bits per heavy atom. The van der Waals surface area contributed by atoms with Crippen LogP contribution in [0.2, 0.25) is 0 Å². The molecule has 0 saturated carbocycles. The fraction of sp³-hybridized carbons (Fsp3) is 0.333. The lowest BCUT2D eigenvalue weighted by Gasteiger charge is -2.32. The second-order valence-electron chi connectivity index (χ2n) is 8.79. The molecule has 2 amide bonds. The first kappa shape index (κ1) is 17.7. The highest BCUT2D eigenvalue weighted by Crippen LogP contribution is 2.48. The minimum absolute atomic E-state index is 0.158. The van der Waals surface area contributed by atoms with Gasteiger partial charge in [-0.25, -0.2) is 0 Å². The van der Waals surface area contributed by atoms with Gasteiger partial charge < -0.3 is 4.90 Å². The molecule has 30 heavy (non-hydrogen) atoms. The molecule has 3 aliphatic heterocycles. The van der Waals surface area contributed by atoms with Crippen LogP contribution in [-0.4, -0.2) is 46.4 Å². The van der Waals surface area contributed by atoms with Gasteiger partial charge in [0.2, 0.25) is 28.9 Å². The fourth-order valence-electron chi connectivity index (χ4n) is 6.47. The summed E-state index contributed by atoms with van der Waals surface area (Å²) in [5, 5.41) is 0. The molecule has 1 N–H and O–H groups in total. The van der Waals surface area contributed by atoms with Crippen LogP contribution in [0.5, 0.6) is 0 Å². The van der Waals surface area contributed by atoms with E-state index in [9.17, 15) is 19.2 Å². The standard InChI is InChI=1S/C24H20N2O4/c27-20-15-9-4-5-10-16(15)21(28)24(20)19-18(17-11-6-12-26(17)24)22(29)25(23(19)30)13-14-7-2-1-3-8-14/h1-5,7-10,17-19H,6,11-13H2/p+1/t17-,18+,19-/m0/s1. The summed E-state index contributed by atoms with van der Waals surface area (Å²) in [6.07, 6.45) is 1.61. The SMILES string of the molecule is O=C1[C@H]2[C@@H](C(=O)N1Cc1ccccc1)C1(C(=O)c3ccccc3C1=O)[NH+]1CCC[C@@H]21. The maximum absolute atomic E-state index is 13.7. The number of likely N-dealkylation sites (tertiary alicyclic amines) is 1. The Morgan fingerprint density at radius 3 is 2.17 bits per heavy atom. The average molecular weight is 401 g/mol. The molecule has 2 aromatic carbocycles. The highest BCUT2D eigenvalue weighted by atomic mass is 16.2. The first-order valence-electron chi connectivity index (χ1n) is 10.5. The maximum Gasteiger partial charge on any atom is 0.241 e. The summed E-state index contributed by atoms with van der Waals surface area (Å²) in [5.41, 5.74) is 0.163. The van der Waals surface area contributed by atoms with Crippen molar-refractivity contribution >= 4 is 23.4 Å². The topological polar surface area (TPSA) is 76.0 Å². The molecule has 4 aliphatic rings. The van der Waals surface area contributed by atoms with Gasteiger partial charge in [-0.3, -0.25) is 24.1 Å². The molecule has 4 atom stereocenters. The van der Waals surface area contributed by atoms with Gasteiger partial charge in [0.05, 0.1) is 13.1 Å². The van der Waals surface area contributed by atoms with Crippen LogP contribution in [0.1, 0.15) is 39.1 Å². The van der Waals surface area contributed by atoms with Crippen LogP contribution in [0.4, 0.5) is 0 Å². The van der Waals surface area contributed by atoms with Crippen LogP contribution < -0.4 is 4.90 Å². The van der Waals surface area contributed by atoms with E-state index < -0.39 is 17.4 Å². The number of rotatable bonds is 2. The van der Waals surface area contributed by atoms with E-state index in [4.69, 9.17) is 0 Å². The molecule has 0 radical (unpaired) electrons. The predicted molar refractivity (Wildman–Crippen MR) is 106 cm³/mol. The van der Waals surface area contributed by atoms with Crippen molar-refractivity contribution in [2.24, 2.45) is 11.8 Å². The molecule has 3 fully saturated rings. The van der Waals surface area contributed by atoms with Crippen molar-refractivity contribution in [1.29, 1.82) is 0 Å². The van der Waals surface area contributed by atoms with Crippen molar-refractivity contribution in [1.82, 2.24) is 4.90 Å². The molecule has 0 aromatic heterocycles. The Hall–Kier alpha value is -3.12. The van der Waals surface area contributed by atoms with E-state index in [1.54, 1.807) is 24.3 Å². The molecule has 0 bridgehead atoms. The number of carbonyl (C=O) groups is 4. The Bertz CT molecular complexity index is 1090. The molecule has 6 rings (SSSR count). The molecule has 3 heterocycles. The molecule has 150 valence electrons. The van der Waals surface area contributed by atoms with Gasteiger partial charge in [-0.2, -0.15) is 0 Å². The van der Waals surface area contributed by atoms with Crippen LogP contribution in [-0.2, 0) is 16.1 Å². The number of carbonyl (C=O) groups excluding carboxylic acids is 4. The Labute approximate surface area is 173 Å². The number of imide groups is 1. The number of benzene rings is 2. The van der Waals surface area contributed by atoms with E-state index in [1.807, 2.05) is 30.3 Å². The van der Waals surface area contributed by atoms with Gasteiger partial charge in [-0.1, -0.05) is 54.6 Å². The van der Waals surface area contributed by atoms with Gasteiger partial charge in [-0.15, -0.1) is 0 Å². The van der Waals surface area contributed by atoms with Gasteiger partial charge in [0.25, 0.3) is 0 Å². The number of nitrogens with one attached hydrogen (secondary N) is 1. The number of nitrogens with zero attached hydrogens (tertiary/aromatic N) is 1. The maximum atomic E-state index is 13.7. The van der Waals surface area contributed by atoms with Crippen molar-refractivity contribution in [3.63, 3.8) is 0 Å². The monoisotopic (exact) mass is 401 g/mol. The minimum atomic E-state index is -1.48. The molecular formula is C24H21N2O4+. The summed E-state index contributed by atoms with van der Waals surface area (Å²) in [4.78, 5) is 56.6. The smallest absolute Gasteiger partial charge is 0.241 e. The quantitative estimate of drug-likeness (QED) is 0.593. The largest absolute Gasteiger partial charge is 0.313 e. The van der Waals surface area contributed by atoms with Crippen molar-refractivity contribution in [3.05, 3.63) is 71.3 Å². The fourth-order valence-corrected chi connectivity index (χ4v) is 6.47. The van der Waals surface area contributed by atoms with E-state index in [1.165, 1.54) is 4.90 Å². The first-order chi connectivity index (χ1) is 14.6. The summed E-state index contributed by atoms with van der Waals surface area (Å²) in [6.45, 7) is 0.821. The number of ketones is 2. The number of quaternary nitrogens is 1. The average Bonchev–Trinajstić information content (AvgIpc) is 3.46. The van der Waals surface area contributed by atoms with Gasteiger partial charge in [0, 0.05) is 24.0 Å². The summed E-state index contributed by atoms with van der Waals surface area (Å²) in [5.74, 6) is -2.65. The van der Waals surface area contributed by atoms with Crippen molar-refractivity contribution in [2.45, 2.75) is 31.0 Å². The summed E-state index contributed by atoms with van der Waals surface area (Å²) in [7, 11) is 0. The summed E-state index contributed by atoms with van der Waals surface area (Å²) >= 11 is 0. The third kappa shape index (κ3) is 1.92. The van der Waals surface area contributed by atoms with Crippen LogP contribution >= 0.6 is 0 Å². The highest BCUT2D eigenvalue weighted by molar-refractivity contribution is 6.34. The molecule has 3 saturated heterocycles. The van der Waals surface area contributed by atoms with Crippen LogP contribution in [0.3, 0.4) is 0 Å². The Balaban J connectivity index is 1.49. The number of Topliss-reactive ketones (excluding diaryl/α,β-unsaturated/α-hetero) is 2. The molecule has 1 aliphatic carbocycles. The number of hydrogen-bond acceptors (Lipinski definition) is 4. The minimum Gasteiger partial charge on any atom is -0.313 e. The van der Waals surface area contributed by atoms with E-state index >= 15 is 0 Å². The van der Waals surface area contributed by atoms with Gasteiger partial charge in [0.1, 0.15) is 17.9 Å². The second-order valence-corrected chi connectivity index (χ2v) is 8.79. The van der Waals surface area contributed by atoms with E-state index in [0.29, 0.717) is 17.7 Å². The number of amides is 2. The van der Waals surface area contributed by atoms with Crippen molar-refractivity contribution < 1.29 is 24.1 Å². The molecule has 6 nitrogen and oxygen atoms in total. The number of fused-ring (bicyclic) bond motifs is 6. The molecule has 2 aromatic rings.